The first-order valence-electron chi connectivity index (χ1n) is 8.55. The van der Waals surface area contributed by atoms with Gasteiger partial charge in [0.25, 0.3) is 5.69 Å². The Labute approximate surface area is 166 Å². The number of nitro groups is 1. The predicted octanol–water partition coefficient (Wildman–Crippen LogP) is 4.93. The summed E-state index contributed by atoms with van der Waals surface area (Å²) in [6, 6.07) is 11.8. The van der Waals surface area contributed by atoms with E-state index < -0.39 is 4.92 Å². The summed E-state index contributed by atoms with van der Waals surface area (Å²) in [5, 5.41) is 13.2. The first-order valence-corrected chi connectivity index (χ1v) is 9.42. The van der Waals surface area contributed by atoms with Crippen LogP contribution in [0.25, 0.3) is 0 Å². The second kappa shape index (κ2) is 8.18. The minimum atomic E-state index is -0.470. The van der Waals surface area contributed by atoms with Crippen LogP contribution in [0, 0.1) is 24.0 Å². The number of anilines is 2. The van der Waals surface area contributed by atoms with Gasteiger partial charge in [0.15, 0.2) is 5.13 Å². The molecule has 1 aromatic heterocycles. The van der Waals surface area contributed by atoms with Crippen molar-refractivity contribution in [1.29, 1.82) is 0 Å². The number of hydrogen-bond acceptors (Lipinski definition) is 6. The van der Waals surface area contributed by atoms with Crippen LogP contribution in [-0.2, 0) is 11.4 Å². The third kappa shape index (κ3) is 4.34. The number of rotatable bonds is 6. The van der Waals surface area contributed by atoms with E-state index in [1.54, 1.807) is 17.0 Å². The van der Waals surface area contributed by atoms with Gasteiger partial charge in [-0.1, -0.05) is 12.1 Å². The van der Waals surface area contributed by atoms with Crippen LogP contribution in [0.4, 0.5) is 16.5 Å². The van der Waals surface area contributed by atoms with Crippen molar-refractivity contribution in [2.45, 2.75) is 27.4 Å². The first kappa shape index (κ1) is 19.5. The Morgan fingerprint density at radius 2 is 2.00 bits per heavy atom. The highest BCUT2D eigenvalue weighted by Crippen LogP contribution is 2.30. The number of nitro benzene ring substituents is 1. The molecule has 0 radical (unpaired) electrons. The molecule has 3 rings (SSSR count). The Hall–Kier alpha value is -3.26. The molecule has 0 bridgehead atoms. The Bertz CT molecular complexity index is 1030. The number of ether oxygens (including phenoxy) is 1. The number of amides is 1. The fourth-order valence-corrected chi connectivity index (χ4v) is 3.47. The summed E-state index contributed by atoms with van der Waals surface area (Å²) >= 11 is 1.34. The molecule has 144 valence electrons. The van der Waals surface area contributed by atoms with E-state index in [-0.39, 0.29) is 18.2 Å². The van der Waals surface area contributed by atoms with Crippen LogP contribution in [0.15, 0.2) is 47.8 Å². The number of carbonyl (C=O) groups is 1. The van der Waals surface area contributed by atoms with E-state index in [9.17, 15) is 14.9 Å². The van der Waals surface area contributed by atoms with Gasteiger partial charge in [-0.2, -0.15) is 0 Å². The Kier molecular flexibility index (Phi) is 5.70. The number of aromatic nitrogens is 1. The lowest BCUT2D eigenvalue weighted by molar-refractivity contribution is -0.384. The Morgan fingerprint density at radius 3 is 2.68 bits per heavy atom. The SMILES string of the molecule is CC(=O)N(c1ccc(C)c(C)c1)c1nc(COc2cccc([N+](=O)[O-])c2)cs1. The second-order valence-corrected chi connectivity index (χ2v) is 7.12. The molecule has 0 fully saturated rings. The minimum Gasteiger partial charge on any atom is -0.487 e. The fourth-order valence-electron chi connectivity index (χ4n) is 2.60. The van der Waals surface area contributed by atoms with Crippen LogP contribution in [-0.4, -0.2) is 15.8 Å². The number of nitrogens with zero attached hydrogens (tertiary/aromatic N) is 3. The lowest BCUT2D eigenvalue weighted by Gasteiger charge is -2.19. The minimum absolute atomic E-state index is 0.0334. The molecular weight excluding hydrogens is 378 g/mol. The van der Waals surface area contributed by atoms with Crippen LogP contribution < -0.4 is 9.64 Å². The molecule has 0 spiro atoms. The van der Waals surface area contributed by atoms with E-state index in [0.717, 1.165) is 16.8 Å². The monoisotopic (exact) mass is 397 g/mol. The maximum absolute atomic E-state index is 12.2. The van der Waals surface area contributed by atoms with Crippen molar-refractivity contribution in [1.82, 2.24) is 4.98 Å². The summed E-state index contributed by atoms with van der Waals surface area (Å²) in [7, 11) is 0. The lowest BCUT2D eigenvalue weighted by Crippen LogP contribution is -2.22. The number of aryl methyl sites for hydroxylation is 2. The normalized spacial score (nSPS) is 10.5. The van der Waals surface area contributed by atoms with Gasteiger partial charge in [0.2, 0.25) is 5.91 Å². The summed E-state index contributed by atoms with van der Waals surface area (Å²) in [6.45, 7) is 5.66. The van der Waals surface area contributed by atoms with Crippen LogP contribution in [0.3, 0.4) is 0 Å². The molecular formula is C20H19N3O4S. The third-order valence-corrected chi connectivity index (χ3v) is 5.08. The van der Waals surface area contributed by atoms with Crippen LogP contribution in [0.5, 0.6) is 5.75 Å². The predicted molar refractivity (Wildman–Crippen MR) is 108 cm³/mol. The molecule has 0 aliphatic heterocycles. The molecule has 0 aliphatic carbocycles. The molecule has 0 saturated heterocycles. The van der Waals surface area contributed by atoms with Crippen molar-refractivity contribution in [3.8, 4) is 5.75 Å². The molecule has 0 unspecified atom stereocenters. The van der Waals surface area contributed by atoms with Crippen molar-refractivity contribution in [3.63, 3.8) is 0 Å². The van der Waals surface area contributed by atoms with E-state index in [0.29, 0.717) is 16.6 Å². The molecule has 0 N–H and O–H groups in total. The Balaban J connectivity index is 1.77. The summed E-state index contributed by atoms with van der Waals surface area (Å²) in [5.74, 6) is 0.255. The second-order valence-electron chi connectivity index (χ2n) is 6.29. The van der Waals surface area contributed by atoms with Gasteiger partial charge in [-0.3, -0.25) is 19.8 Å². The number of non-ortho nitro benzene ring substituents is 1. The maximum Gasteiger partial charge on any atom is 0.273 e. The fraction of sp³-hybridized carbons (Fsp3) is 0.200. The molecule has 0 saturated carbocycles. The van der Waals surface area contributed by atoms with Crippen LogP contribution >= 0.6 is 11.3 Å². The molecule has 8 heteroatoms. The number of thiazole rings is 1. The van der Waals surface area contributed by atoms with E-state index in [1.165, 1.54) is 30.4 Å². The quantitative estimate of drug-likeness (QED) is 0.435. The molecule has 0 aliphatic rings. The summed E-state index contributed by atoms with van der Waals surface area (Å²) in [6.07, 6.45) is 0. The maximum atomic E-state index is 12.2. The molecule has 1 heterocycles. The average molecular weight is 397 g/mol. The smallest absolute Gasteiger partial charge is 0.273 e. The summed E-state index contributed by atoms with van der Waals surface area (Å²) in [5.41, 5.74) is 3.61. The molecule has 3 aromatic rings. The van der Waals surface area contributed by atoms with E-state index in [2.05, 4.69) is 4.98 Å². The van der Waals surface area contributed by atoms with E-state index in [4.69, 9.17) is 4.74 Å². The Morgan fingerprint density at radius 1 is 1.21 bits per heavy atom. The number of carbonyl (C=O) groups excluding carboxylic acids is 1. The highest BCUT2D eigenvalue weighted by molar-refractivity contribution is 7.14. The summed E-state index contributed by atoms with van der Waals surface area (Å²) < 4.78 is 5.61. The zero-order valence-corrected chi connectivity index (χ0v) is 16.5. The zero-order chi connectivity index (χ0) is 20.3. The molecule has 2 aromatic carbocycles. The number of benzene rings is 2. The van der Waals surface area contributed by atoms with Gasteiger partial charge in [-0.25, -0.2) is 4.98 Å². The van der Waals surface area contributed by atoms with Gasteiger partial charge >= 0.3 is 0 Å². The van der Waals surface area contributed by atoms with Crippen molar-refractivity contribution in [2.24, 2.45) is 0 Å². The molecule has 7 nitrogen and oxygen atoms in total. The van der Waals surface area contributed by atoms with Crippen molar-refractivity contribution >= 4 is 33.8 Å². The van der Waals surface area contributed by atoms with Crippen molar-refractivity contribution in [3.05, 3.63) is 74.8 Å². The highest BCUT2D eigenvalue weighted by atomic mass is 32.1. The molecule has 0 atom stereocenters. The van der Waals surface area contributed by atoms with Gasteiger partial charge in [0.1, 0.15) is 12.4 Å². The number of hydrogen-bond donors (Lipinski definition) is 0. The zero-order valence-electron chi connectivity index (χ0n) is 15.7. The summed E-state index contributed by atoms with van der Waals surface area (Å²) in [4.78, 5) is 28.7. The highest BCUT2D eigenvalue weighted by Gasteiger charge is 2.18. The van der Waals surface area contributed by atoms with Gasteiger partial charge in [-0.15, -0.1) is 11.3 Å². The van der Waals surface area contributed by atoms with Crippen LogP contribution in [0.2, 0.25) is 0 Å². The third-order valence-electron chi connectivity index (χ3n) is 4.21. The average Bonchev–Trinajstić information content (AvgIpc) is 3.11. The van der Waals surface area contributed by atoms with Gasteiger partial charge in [-0.05, 0) is 43.2 Å². The van der Waals surface area contributed by atoms with E-state index >= 15 is 0 Å². The van der Waals surface area contributed by atoms with E-state index in [1.807, 2.05) is 37.4 Å². The lowest BCUT2D eigenvalue weighted by atomic mass is 10.1. The molecule has 28 heavy (non-hydrogen) atoms. The standard InChI is InChI=1S/C20H19N3O4S/c1-13-7-8-17(9-14(13)2)22(15(3)24)20-21-16(12-28-20)11-27-19-6-4-5-18(10-19)23(25)26/h4-10,12H,11H2,1-3H3. The van der Waals surface area contributed by atoms with Gasteiger partial charge in [0, 0.05) is 18.4 Å². The van der Waals surface area contributed by atoms with Crippen LogP contribution in [0.1, 0.15) is 23.7 Å². The van der Waals surface area contributed by atoms with Crippen molar-refractivity contribution < 1.29 is 14.5 Å². The van der Waals surface area contributed by atoms with Gasteiger partial charge < -0.3 is 4.74 Å². The van der Waals surface area contributed by atoms with Crippen molar-refractivity contribution in [2.75, 3.05) is 4.90 Å². The first-order chi connectivity index (χ1) is 13.3. The topological polar surface area (TPSA) is 85.6 Å². The largest absolute Gasteiger partial charge is 0.487 e. The molecule has 1 amide bonds. The van der Waals surface area contributed by atoms with Gasteiger partial charge in [0.05, 0.1) is 22.4 Å².